The van der Waals surface area contributed by atoms with Gasteiger partial charge in [0.25, 0.3) is 0 Å². The summed E-state index contributed by atoms with van der Waals surface area (Å²) < 4.78 is 5.67. The molecule has 0 saturated heterocycles. The summed E-state index contributed by atoms with van der Waals surface area (Å²) in [5, 5.41) is 6.61. The first-order valence-electron chi connectivity index (χ1n) is 8.72. The molecule has 134 valence electrons. The predicted molar refractivity (Wildman–Crippen MR) is 107 cm³/mol. The molecule has 0 fully saturated rings. The molecule has 3 rings (SSSR count). The first-order chi connectivity index (χ1) is 12.5. The lowest BCUT2D eigenvalue weighted by Gasteiger charge is -2.12. The highest BCUT2D eigenvalue weighted by Crippen LogP contribution is 2.22. The average Bonchev–Trinajstić information content (AvgIpc) is 2.58. The van der Waals surface area contributed by atoms with Crippen LogP contribution in [0.4, 0.5) is 23.1 Å². The summed E-state index contributed by atoms with van der Waals surface area (Å²) in [6.07, 6.45) is 0.161. The van der Waals surface area contributed by atoms with E-state index in [1.807, 2.05) is 69.3 Å². The topological polar surface area (TPSA) is 59.1 Å². The maximum atomic E-state index is 5.67. The summed E-state index contributed by atoms with van der Waals surface area (Å²) in [6.45, 7) is 8.03. The van der Waals surface area contributed by atoms with Gasteiger partial charge >= 0.3 is 0 Å². The highest BCUT2D eigenvalue weighted by atomic mass is 16.5. The molecule has 0 bridgehead atoms. The van der Waals surface area contributed by atoms with Crippen LogP contribution in [-0.2, 0) is 0 Å². The fraction of sp³-hybridized carbons (Fsp3) is 0.238. The molecule has 0 radical (unpaired) electrons. The Balaban J connectivity index is 1.76. The van der Waals surface area contributed by atoms with Gasteiger partial charge in [0.15, 0.2) is 0 Å². The van der Waals surface area contributed by atoms with Crippen molar-refractivity contribution in [2.45, 2.75) is 33.8 Å². The third-order valence-electron chi connectivity index (χ3n) is 3.74. The smallest absolute Gasteiger partial charge is 0.229 e. The molecule has 3 aromatic rings. The number of rotatable bonds is 6. The second-order valence-corrected chi connectivity index (χ2v) is 6.47. The molecule has 0 spiro atoms. The predicted octanol–water partition coefficient (Wildman–Crippen LogP) is 5.37. The molecular weight excluding hydrogens is 324 g/mol. The lowest BCUT2D eigenvalue weighted by atomic mass is 10.2. The van der Waals surface area contributed by atoms with E-state index in [9.17, 15) is 0 Å². The first kappa shape index (κ1) is 17.7. The number of aryl methyl sites for hydroxylation is 2. The molecule has 0 unspecified atom stereocenters. The highest BCUT2D eigenvalue weighted by Gasteiger charge is 2.05. The number of nitrogens with one attached hydrogen (secondary N) is 2. The van der Waals surface area contributed by atoms with Gasteiger partial charge in [-0.05, 0) is 63.6 Å². The number of hydrogen-bond acceptors (Lipinski definition) is 5. The number of nitrogens with zero attached hydrogens (tertiary/aromatic N) is 2. The molecule has 5 heteroatoms. The molecule has 1 aromatic heterocycles. The van der Waals surface area contributed by atoms with Crippen LogP contribution in [0.5, 0.6) is 5.75 Å². The fourth-order valence-corrected chi connectivity index (χ4v) is 2.56. The van der Waals surface area contributed by atoms with E-state index in [1.165, 1.54) is 0 Å². The lowest BCUT2D eigenvalue weighted by molar-refractivity contribution is 0.242. The van der Waals surface area contributed by atoms with E-state index in [1.54, 1.807) is 0 Å². The number of ether oxygens (including phenoxy) is 1. The van der Waals surface area contributed by atoms with Crippen molar-refractivity contribution < 1.29 is 4.74 Å². The summed E-state index contributed by atoms with van der Waals surface area (Å²) in [7, 11) is 0. The van der Waals surface area contributed by atoms with Crippen molar-refractivity contribution in [2.24, 2.45) is 0 Å². The highest BCUT2D eigenvalue weighted by molar-refractivity contribution is 5.62. The molecule has 2 N–H and O–H groups in total. The number of hydrogen-bond donors (Lipinski definition) is 2. The third kappa shape index (κ3) is 4.72. The Morgan fingerprint density at radius 1 is 0.885 bits per heavy atom. The zero-order valence-electron chi connectivity index (χ0n) is 15.6. The van der Waals surface area contributed by atoms with Crippen LogP contribution in [0.2, 0.25) is 0 Å². The molecule has 2 aromatic carbocycles. The molecule has 0 aliphatic heterocycles. The van der Waals surface area contributed by atoms with Crippen molar-refractivity contribution in [3.05, 3.63) is 65.9 Å². The summed E-state index contributed by atoms with van der Waals surface area (Å²) in [4.78, 5) is 9.05. The van der Waals surface area contributed by atoms with Gasteiger partial charge in [-0.15, -0.1) is 0 Å². The maximum absolute atomic E-state index is 5.67. The van der Waals surface area contributed by atoms with Gasteiger partial charge in [0, 0.05) is 23.1 Å². The van der Waals surface area contributed by atoms with Crippen molar-refractivity contribution in [3.8, 4) is 5.75 Å². The molecule has 1 heterocycles. The Morgan fingerprint density at radius 3 is 2.31 bits per heavy atom. The van der Waals surface area contributed by atoms with Crippen LogP contribution in [0.15, 0.2) is 54.6 Å². The Bertz CT molecular complexity index is 875. The monoisotopic (exact) mass is 348 g/mol. The van der Waals surface area contributed by atoms with E-state index < -0.39 is 0 Å². The molecule has 0 aliphatic carbocycles. The van der Waals surface area contributed by atoms with Gasteiger partial charge in [-0.2, -0.15) is 4.98 Å². The molecule has 5 nitrogen and oxygen atoms in total. The van der Waals surface area contributed by atoms with Crippen LogP contribution in [0.3, 0.4) is 0 Å². The minimum Gasteiger partial charge on any atom is -0.491 e. The van der Waals surface area contributed by atoms with Gasteiger partial charge < -0.3 is 15.4 Å². The van der Waals surface area contributed by atoms with Gasteiger partial charge in [-0.1, -0.05) is 18.2 Å². The summed E-state index contributed by atoms with van der Waals surface area (Å²) in [6, 6.07) is 17.8. The van der Waals surface area contributed by atoms with Crippen LogP contribution in [-0.4, -0.2) is 16.1 Å². The standard InChI is InChI=1S/C21H24N4O/c1-14(2)26-18-11-9-17(10-12-18)23-20-13-16(4)22-21(25-20)24-19-8-6-5-7-15(19)3/h5-14H,1-4H3,(H2,22,23,24,25). The zero-order valence-corrected chi connectivity index (χ0v) is 15.6. The van der Waals surface area contributed by atoms with Crippen molar-refractivity contribution in [1.82, 2.24) is 9.97 Å². The SMILES string of the molecule is Cc1cc(Nc2ccc(OC(C)C)cc2)nc(Nc2ccccc2C)n1. The number of benzene rings is 2. The van der Waals surface area contributed by atoms with Gasteiger partial charge in [0.1, 0.15) is 11.6 Å². The Morgan fingerprint density at radius 2 is 1.62 bits per heavy atom. The summed E-state index contributed by atoms with van der Waals surface area (Å²) in [5.74, 6) is 2.17. The Kier molecular flexibility index (Phi) is 5.37. The van der Waals surface area contributed by atoms with Gasteiger partial charge in [-0.3, -0.25) is 0 Å². The first-order valence-corrected chi connectivity index (χ1v) is 8.72. The third-order valence-corrected chi connectivity index (χ3v) is 3.74. The van der Waals surface area contributed by atoms with Crippen molar-refractivity contribution in [2.75, 3.05) is 10.6 Å². The van der Waals surface area contributed by atoms with Crippen molar-refractivity contribution >= 4 is 23.1 Å². The number of anilines is 4. The summed E-state index contributed by atoms with van der Waals surface area (Å²) >= 11 is 0. The van der Waals surface area contributed by atoms with E-state index in [0.29, 0.717) is 5.95 Å². The van der Waals surface area contributed by atoms with Gasteiger partial charge in [0.05, 0.1) is 6.10 Å². The van der Waals surface area contributed by atoms with Crippen molar-refractivity contribution in [1.29, 1.82) is 0 Å². The minimum atomic E-state index is 0.161. The van der Waals surface area contributed by atoms with E-state index >= 15 is 0 Å². The van der Waals surface area contributed by atoms with Crippen LogP contribution >= 0.6 is 0 Å². The van der Waals surface area contributed by atoms with E-state index in [0.717, 1.165) is 34.2 Å². The van der Waals surface area contributed by atoms with Crippen molar-refractivity contribution in [3.63, 3.8) is 0 Å². The number of para-hydroxylation sites is 1. The Hall–Kier alpha value is -3.08. The van der Waals surface area contributed by atoms with Crippen LogP contribution in [0, 0.1) is 13.8 Å². The van der Waals surface area contributed by atoms with Crippen LogP contribution in [0.25, 0.3) is 0 Å². The maximum Gasteiger partial charge on any atom is 0.229 e. The second-order valence-electron chi connectivity index (χ2n) is 6.47. The van der Waals surface area contributed by atoms with Gasteiger partial charge in [0.2, 0.25) is 5.95 Å². The van der Waals surface area contributed by atoms with E-state index in [2.05, 4.69) is 33.6 Å². The quantitative estimate of drug-likeness (QED) is 0.627. The van der Waals surface area contributed by atoms with Crippen LogP contribution in [0.1, 0.15) is 25.1 Å². The summed E-state index contributed by atoms with van der Waals surface area (Å²) in [5.41, 5.74) is 3.98. The van der Waals surface area contributed by atoms with E-state index in [-0.39, 0.29) is 6.10 Å². The Labute approximate surface area is 154 Å². The second kappa shape index (κ2) is 7.87. The number of aromatic nitrogens is 2. The zero-order chi connectivity index (χ0) is 18.5. The van der Waals surface area contributed by atoms with Gasteiger partial charge in [-0.25, -0.2) is 4.98 Å². The normalized spacial score (nSPS) is 10.7. The van der Waals surface area contributed by atoms with Crippen LogP contribution < -0.4 is 15.4 Å². The molecular formula is C21H24N4O. The molecule has 26 heavy (non-hydrogen) atoms. The minimum absolute atomic E-state index is 0.161. The molecule has 0 aliphatic rings. The molecule has 0 amide bonds. The average molecular weight is 348 g/mol. The lowest BCUT2D eigenvalue weighted by Crippen LogP contribution is -2.05. The fourth-order valence-electron chi connectivity index (χ4n) is 2.56. The van der Waals surface area contributed by atoms with E-state index in [4.69, 9.17) is 4.74 Å². The molecule has 0 atom stereocenters. The molecule has 0 saturated carbocycles. The largest absolute Gasteiger partial charge is 0.491 e.